The zero-order valence-electron chi connectivity index (χ0n) is 21.0. The lowest BCUT2D eigenvalue weighted by atomic mass is 10.1. The molecule has 2 rings (SSSR count). The molecule has 0 saturated carbocycles. The number of carbonyl (C=O) groups excluding carboxylic acids is 2. The first kappa shape index (κ1) is 30.4. The Bertz CT molecular complexity index is 1190. The summed E-state index contributed by atoms with van der Waals surface area (Å²) in [7, 11) is -4.23. The van der Waals surface area contributed by atoms with Crippen LogP contribution in [-0.4, -0.2) is 56.6 Å². The number of sulfonamides is 1. The van der Waals surface area contributed by atoms with E-state index in [0.29, 0.717) is 23.2 Å². The third-order valence-corrected chi connectivity index (χ3v) is 7.32. The average Bonchev–Trinajstić information content (AvgIpc) is 2.82. The van der Waals surface area contributed by atoms with Crippen LogP contribution in [0.15, 0.2) is 48.5 Å². The molecule has 0 radical (unpaired) electrons. The standard InChI is InChI=1S/C25H31ClF3N3O4S/c1-5-17(2)30-24(34)18(3)31(14-13-19-9-7-6-8-10-19)23(33)16-32(37(4,35)36)22-15-20(25(27,28)29)11-12-21(22)26/h6-12,15,17-18H,5,13-14,16H2,1-4H3,(H,30,34)/t17-,18+/m0/s1. The summed E-state index contributed by atoms with van der Waals surface area (Å²) in [6.45, 7) is 4.45. The van der Waals surface area contributed by atoms with Gasteiger partial charge >= 0.3 is 6.18 Å². The minimum atomic E-state index is -4.75. The molecule has 2 atom stereocenters. The topological polar surface area (TPSA) is 86.8 Å². The van der Waals surface area contributed by atoms with E-state index in [1.807, 2.05) is 44.2 Å². The van der Waals surface area contributed by atoms with Crippen LogP contribution in [0.25, 0.3) is 0 Å². The number of alkyl halides is 3. The summed E-state index contributed by atoms with van der Waals surface area (Å²) in [6.07, 6.45) is -2.95. The van der Waals surface area contributed by atoms with Crippen molar-refractivity contribution >= 4 is 39.1 Å². The molecular formula is C25H31ClF3N3O4S. The third kappa shape index (κ3) is 8.63. The lowest BCUT2D eigenvalue weighted by Gasteiger charge is -2.32. The number of nitrogens with one attached hydrogen (secondary N) is 1. The highest BCUT2D eigenvalue weighted by Gasteiger charge is 2.34. The second kappa shape index (κ2) is 12.6. The number of benzene rings is 2. The second-order valence-electron chi connectivity index (χ2n) is 8.75. The van der Waals surface area contributed by atoms with Crippen molar-refractivity contribution in [1.82, 2.24) is 10.2 Å². The molecule has 0 spiro atoms. The molecule has 2 aromatic carbocycles. The fraction of sp³-hybridized carbons (Fsp3) is 0.440. The molecule has 2 amide bonds. The molecule has 0 aliphatic carbocycles. The van der Waals surface area contributed by atoms with Crippen LogP contribution in [0.5, 0.6) is 0 Å². The van der Waals surface area contributed by atoms with Crippen molar-refractivity contribution in [3.8, 4) is 0 Å². The van der Waals surface area contributed by atoms with Gasteiger partial charge in [-0.25, -0.2) is 8.42 Å². The summed E-state index contributed by atoms with van der Waals surface area (Å²) < 4.78 is 65.7. The van der Waals surface area contributed by atoms with E-state index in [1.54, 1.807) is 0 Å². The number of rotatable bonds is 11. The number of nitrogens with zero attached hydrogens (tertiary/aromatic N) is 2. The highest BCUT2D eigenvalue weighted by atomic mass is 35.5. The molecule has 2 aromatic rings. The fourth-order valence-corrected chi connectivity index (χ4v) is 4.63. The number of amides is 2. The van der Waals surface area contributed by atoms with E-state index in [-0.39, 0.29) is 17.6 Å². The van der Waals surface area contributed by atoms with E-state index >= 15 is 0 Å². The van der Waals surface area contributed by atoms with Crippen LogP contribution in [0.1, 0.15) is 38.3 Å². The summed E-state index contributed by atoms with van der Waals surface area (Å²) in [5.41, 5.74) is -0.710. The fourth-order valence-electron chi connectivity index (χ4n) is 3.51. The first-order valence-electron chi connectivity index (χ1n) is 11.6. The Labute approximate surface area is 220 Å². The molecule has 37 heavy (non-hydrogen) atoms. The van der Waals surface area contributed by atoms with Gasteiger partial charge in [0.05, 0.1) is 22.5 Å². The van der Waals surface area contributed by atoms with Crippen LogP contribution >= 0.6 is 11.6 Å². The summed E-state index contributed by atoms with van der Waals surface area (Å²) in [5, 5.41) is 2.53. The normalized spacial score (nSPS) is 13.5. The van der Waals surface area contributed by atoms with Crippen LogP contribution < -0.4 is 9.62 Å². The number of halogens is 4. The zero-order valence-corrected chi connectivity index (χ0v) is 22.6. The summed E-state index contributed by atoms with van der Waals surface area (Å²) in [6, 6.07) is 10.3. The van der Waals surface area contributed by atoms with E-state index in [4.69, 9.17) is 11.6 Å². The van der Waals surface area contributed by atoms with Gasteiger partial charge in [-0.05, 0) is 50.5 Å². The van der Waals surface area contributed by atoms with E-state index < -0.39 is 51.9 Å². The first-order chi connectivity index (χ1) is 17.1. The van der Waals surface area contributed by atoms with Crippen LogP contribution in [0, 0.1) is 0 Å². The number of anilines is 1. The van der Waals surface area contributed by atoms with Gasteiger partial charge < -0.3 is 10.2 Å². The van der Waals surface area contributed by atoms with Gasteiger partial charge in [-0.3, -0.25) is 13.9 Å². The number of hydrogen-bond donors (Lipinski definition) is 1. The van der Waals surface area contributed by atoms with E-state index in [0.717, 1.165) is 24.0 Å². The third-order valence-electron chi connectivity index (χ3n) is 5.87. The number of hydrogen-bond acceptors (Lipinski definition) is 4. The molecule has 0 fully saturated rings. The molecule has 0 heterocycles. The molecular weight excluding hydrogens is 531 g/mol. The monoisotopic (exact) mass is 561 g/mol. The van der Waals surface area contributed by atoms with E-state index in [1.165, 1.54) is 11.8 Å². The Morgan fingerprint density at radius 3 is 2.24 bits per heavy atom. The molecule has 0 aliphatic heterocycles. The summed E-state index contributed by atoms with van der Waals surface area (Å²) >= 11 is 6.08. The highest BCUT2D eigenvalue weighted by Crippen LogP contribution is 2.36. The number of carbonyl (C=O) groups is 2. The van der Waals surface area contributed by atoms with Gasteiger partial charge in [0.25, 0.3) is 0 Å². The maximum absolute atomic E-state index is 13.5. The highest BCUT2D eigenvalue weighted by molar-refractivity contribution is 7.92. The SMILES string of the molecule is CC[C@H](C)NC(=O)[C@@H](C)N(CCc1ccccc1)C(=O)CN(c1cc(C(F)(F)F)ccc1Cl)S(C)(=O)=O. The van der Waals surface area contributed by atoms with Gasteiger partial charge in [0.2, 0.25) is 21.8 Å². The van der Waals surface area contributed by atoms with Gasteiger partial charge in [-0.1, -0.05) is 48.9 Å². The van der Waals surface area contributed by atoms with Crippen molar-refractivity contribution in [3.05, 3.63) is 64.7 Å². The predicted octanol–water partition coefficient (Wildman–Crippen LogP) is 4.50. The molecule has 0 unspecified atom stereocenters. The van der Waals surface area contributed by atoms with Gasteiger partial charge in [-0.15, -0.1) is 0 Å². The van der Waals surface area contributed by atoms with Crippen LogP contribution in [-0.2, 0) is 32.2 Å². The molecule has 0 aromatic heterocycles. The molecule has 7 nitrogen and oxygen atoms in total. The Morgan fingerprint density at radius 1 is 1.08 bits per heavy atom. The first-order valence-corrected chi connectivity index (χ1v) is 13.9. The summed E-state index contributed by atoms with van der Waals surface area (Å²) in [5.74, 6) is -1.19. The zero-order chi connectivity index (χ0) is 28.0. The molecule has 1 N–H and O–H groups in total. The lowest BCUT2D eigenvalue weighted by Crippen LogP contribution is -2.53. The van der Waals surface area contributed by atoms with Crippen molar-refractivity contribution in [2.75, 3.05) is 23.7 Å². The quantitative estimate of drug-likeness (QED) is 0.438. The molecule has 0 bridgehead atoms. The van der Waals surface area contributed by atoms with Crippen molar-refractivity contribution < 1.29 is 31.2 Å². The van der Waals surface area contributed by atoms with Crippen molar-refractivity contribution in [3.63, 3.8) is 0 Å². The van der Waals surface area contributed by atoms with Crippen LogP contribution in [0.4, 0.5) is 18.9 Å². The molecule has 0 saturated heterocycles. The van der Waals surface area contributed by atoms with E-state index in [9.17, 15) is 31.2 Å². The molecule has 204 valence electrons. The van der Waals surface area contributed by atoms with Gasteiger partial charge in [0.15, 0.2) is 0 Å². The summed E-state index contributed by atoms with van der Waals surface area (Å²) in [4.78, 5) is 27.5. The Kier molecular flexibility index (Phi) is 10.4. The molecule has 0 aliphatic rings. The second-order valence-corrected chi connectivity index (χ2v) is 11.1. The maximum Gasteiger partial charge on any atom is 0.416 e. The smallest absolute Gasteiger partial charge is 0.352 e. The van der Waals surface area contributed by atoms with Gasteiger partial charge in [0, 0.05) is 12.6 Å². The minimum Gasteiger partial charge on any atom is -0.352 e. The lowest BCUT2D eigenvalue weighted by molar-refractivity contribution is -0.139. The minimum absolute atomic E-state index is 0.0753. The van der Waals surface area contributed by atoms with Gasteiger partial charge in [0.1, 0.15) is 12.6 Å². The van der Waals surface area contributed by atoms with Crippen LogP contribution in [0.2, 0.25) is 5.02 Å². The Hall–Kier alpha value is -2.79. The van der Waals surface area contributed by atoms with Crippen LogP contribution in [0.3, 0.4) is 0 Å². The largest absolute Gasteiger partial charge is 0.416 e. The van der Waals surface area contributed by atoms with Crippen molar-refractivity contribution in [2.45, 2.75) is 51.9 Å². The van der Waals surface area contributed by atoms with Crippen molar-refractivity contribution in [1.29, 1.82) is 0 Å². The Morgan fingerprint density at radius 2 is 1.70 bits per heavy atom. The Balaban J connectivity index is 2.42. The predicted molar refractivity (Wildman–Crippen MR) is 138 cm³/mol. The maximum atomic E-state index is 13.5. The average molecular weight is 562 g/mol. The van der Waals surface area contributed by atoms with E-state index in [2.05, 4.69) is 5.32 Å². The molecule has 12 heteroatoms. The van der Waals surface area contributed by atoms with Gasteiger partial charge in [-0.2, -0.15) is 13.2 Å². The van der Waals surface area contributed by atoms with Crippen molar-refractivity contribution in [2.24, 2.45) is 0 Å².